The van der Waals surface area contributed by atoms with Gasteiger partial charge in [0.1, 0.15) is 4.62 Å². The van der Waals surface area contributed by atoms with Gasteiger partial charge in [-0.15, -0.1) is 0 Å². The van der Waals surface area contributed by atoms with Crippen LogP contribution in [0.5, 0.6) is 0 Å². The Bertz CT molecular complexity index is 900. The van der Waals surface area contributed by atoms with Crippen LogP contribution in [0.3, 0.4) is 0 Å². The fraction of sp³-hybridized carbons (Fsp3) is 0.227. The monoisotopic (exact) mass is 455 g/mol. The standard InChI is InChI=1S/C22H22BrN3O3/c23-20-14-18(29-25-20)15-26(21(27)12-11-16-7-3-1-4-8-16)22(28)19(24)13-17-9-5-2-6-10-17/h1-12,18-19H,13-15,24H2/t18?,19-/m0/s1. The third-order valence-electron chi connectivity index (χ3n) is 4.45. The van der Waals surface area contributed by atoms with E-state index in [1.54, 1.807) is 6.08 Å². The molecular formula is C22H22BrN3O3. The molecule has 0 aromatic heterocycles. The number of nitrogens with zero attached hydrogens (tertiary/aromatic N) is 2. The molecule has 2 aromatic rings. The summed E-state index contributed by atoms with van der Waals surface area (Å²) in [5.41, 5.74) is 7.95. The van der Waals surface area contributed by atoms with Gasteiger partial charge in [-0.25, -0.2) is 0 Å². The lowest BCUT2D eigenvalue weighted by molar-refractivity contribution is -0.144. The van der Waals surface area contributed by atoms with Gasteiger partial charge in [0.25, 0.3) is 5.91 Å². The predicted molar refractivity (Wildman–Crippen MR) is 116 cm³/mol. The van der Waals surface area contributed by atoms with Gasteiger partial charge in [-0.05, 0) is 39.6 Å². The molecule has 150 valence electrons. The second-order valence-electron chi connectivity index (χ2n) is 6.73. The smallest absolute Gasteiger partial charge is 0.253 e. The number of hydrogen-bond donors (Lipinski definition) is 1. The summed E-state index contributed by atoms with van der Waals surface area (Å²) in [7, 11) is 0. The predicted octanol–water partition coefficient (Wildman–Crippen LogP) is 3.12. The zero-order chi connectivity index (χ0) is 20.6. The van der Waals surface area contributed by atoms with Crippen LogP contribution in [0.15, 0.2) is 71.9 Å². The minimum atomic E-state index is -0.836. The van der Waals surface area contributed by atoms with Crippen molar-refractivity contribution in [1.82, 2.24) is 4.90 Å². The van der Waals surface area contributed by atoms with Crippen LogP contribution in [0.4, 0.5) is 0 Å². The van der Waals surface area contributed by atoms with Crippen molar-refractivity contribution < 1.29 is 14.4 Å². The van der Waals surface area contributed by atoms with Gasteiger partial charge in [0.05, 0.1) is 12.6 Å². The number of halogens is 1. The number of carbonyl (C=O) groups excluding carboxylic acids is 2. The molecule has 7 heteroatoms. The van der Waals surface area contributed by atoms with Crippen molar-refractivity contribution in [2.75, 3.05) is 6.54 Å². The summed E-state index contributed by atoms with van der Waals surface area (Å²) in [6.07, 6.45) is 3.50. The van der Waals surface area contributed by atoms with Crippen LogP contribution in [-0.2, 0) is 20.8 Å². The summed E-state index contributed by atoms with van der Waals surface area (Å²) < 4.78 is 0.649. The molecule has 2 amide bonds. The first-order chi connectivity index (χ1) is 14.0. The van der Waals surface area contributed by atoms with Crippen LogP contribution in [0.2, 0.25) is 0 Å². The zero-order valence-corrected chi connectivity index (χ0v) is 17.4. The van der Waals surface area contributed by atoms with E-state index in [9.17, 15) is 9.59 Å². The fourth-order valence-electron chi connectivity index (χ4n) is 2.96. The highest BCUT2D eigenvalue weighted by Gasteiger charge is 2.31. The molecule has 2 atom stereocenters. The molecule has 1 aliphatic rings. The number of imide groups is 1. The van der Waals surface area contributed by atoms with Crippen LogP contribution in [0.1, 0.15) is 17.5 Å². The summed E-state index contributed by atoms with van der Waals surface area (Å²) in [4.78, 5) is 32.3. The highest BCUT2D eigenvalue weighted by Crippen LogP contribution is 2.17. The lowest BCUT2D eigenvalue weighted by Gasteiger charge is -2.25. The third kappa shape index (κ3) is 6.10. The third-order valence-corrected chi connectivity index (χ3v) is 4.92. The van der Waals surface area contributed by atoms with E-state index in [1.807, 2.05) is 60.7 Å². The molecule has 0 fully saturated rings. The van der Waals surface area contributed by atoms with Gasteiger partial charge in [0.15, 0.2) is 6.10 Å². The zero-order valence-electron chi connectivity index (χ0n) is 15.8. The number of rotatable bonds is 7. The van der Waals surface area contributed by atoms with E-state index in [0.717, 1.165) is 16.0 Å². The molecule has 0 radical (unpaired) electrons. The highest BCUT2D eigenvalue weighted by molar-refractivity contribution is 9.18. The van der Waals surface area contributed by atoms with Crippen LogP contribution < -0.4 is 5.73 Å². The van der Waals surface area contributed by atoms with Crippen molar-refractivity contribution in [3.63, 3.8) is 0 Å². The number of amides is 2. The molecule has 2 aromatic carbocycles. The Morgan fingerprint density at radius 2 is 1.83 bits per heavy atom. The average Bonchev–Trinajstić information content (AvgIpc) is 3.16. The van der Waals surface area contributed by atoms with Gasteiger partial charge >= 0.3 is 0 Å². The maximum absolute atomic E-state index is 13.0. The van der Waals surface area contributed by atoms with Gasteiger partial charge in [0, 0.05) is 12.5 Å². The Kier molecular flexibility index (Phi) is 7.32. The Balaban J connectivity index is 1.73. The molecule has 3 rings (SSSR count). The SMILES string of the molecule is N[C@@H](Cc1ccccc1)C(=O)N(CC1CC(Br)=NO1)C(=O)C=Cc1ccccc1. The van der Waals surface area contributed by atoms with E-state index in [2.05, 4.69) is 21.1 Å². The Morgan fingerprint density at radius 1 is 1.17 bits per heavy atom. The minimum absolute atomic E-state index is 0.0812. The lowest BCUT2D eigenvalue weighted by atomic mass is 10.1. The van der Waals surface area contributed by atoms with Crippen molar-refractivity contribution in [2.24, 2.45) is 10.9 Å². The first-order valence-electron chi connectivity index (χ1n) is 9.29. The molecule has 6 nitrogen and oxygen atoms in total. The molecular weight excluding hydrogens is 434 g/mol. The highest BCUT2D eigenvalue weighted by atomic mass is 79.9. The van der Waals surface area contributed by atoms with Crippen LogP contribution in [0, 0.1) is 0 Å². The van der Waals surface area contributed by atoms with Crippen LogP contribution in [-0.4, -0.2) is 40.0 Å². The van der Waals surface area contributed by atoms with Gasteiger partial charge in [-0.3, -0.25) is 14.5 Å². The van der Waals surface area contributed by atoms with Gasteiger partial charge in [-0.2, -0.15) is 0 Å². The molecule has 0 aliphatic carbocycles. The number of oxime groups is 1. The van der Waals surface area contributed by atoms with E-state index in [-0.39, 0.29) is 6.54 Å². The first kappa shape index (κ1) is 21.0. The molecule has 29 heavy (non-hydrogen) atoms. The lowest BCUT2D eigenvalue weighted by Crippen LogP contribution is -2.49. The summed E-state index contributed by atoms with van der Waals surface area (Å²) in [6, 6.07) is 18.1. The second-order valence-corrected chi connectivity index (χ2v) is 7.64. The second kappa shape index (κ2) is 10.1. The van der Waals surface area contributed by atoms with E-state index < -0.39 is 24.0 Å². The summed E-state index contributed by atoms with van der Waals surface area (Å²) in [5, 5.41) is 3.83. The molecule has 1 heterocycles. The van der Waals surface area contributed by atoms with Crippen molar-refractivity contribution >= 4 is 38.4 Å². The van der Waals surface area contributed by atoms with Crippen molar-refractivity contribution in [1.29, 1.82) is 0 Å². The van der Waals surface area contributed by atoms with E-state index in [4.69, 9.17) is 10.6 Å². The summed E-state index contributed by atoms with van der Waals surface area (Å²) in [5.74, 6) is -0.878. The van der Waals surface area contributed by atoms with Crippen molar-refractivity contribution in [3.05, 3.63) is 77.9 Å². The molecule has 0 spiro atoms. The summed E-state index contributed by atoms with van der Waals surface area (Å²) >= 11 is 3.28. The number of benzene rings is 2. The van der Waals surface area contributed by atoms with E-state index in [0.29, 0.717) is 17.5 Å². The molecule has 0 saturated carbocycles. The van der Waals surface area contributed by atoms with E-state index >= 15 is 0 Å². The minimum Gasteiger partial charge on any atom is -0.389 e. The summed E-state index contributed by atoms with van der Waals surface area (Å²) in [6.45, 7) is 0.0812. The topological polar surface area (TPSA) is 85.0 Å². The van der Waals surface area contributed by atoms with Crippen LogP contribution in [0.25, 0.3) is 6.08 Å². The molecule has 1 unspecified atom stereocenters. The first-order valence-corrected chi connectivity index (χ1v) is 10.1. The molecule has 2 N–H and O–H groups in total. The fourth-order valence-corrected chi connectivity index (χ4v) is 3.41. The maximum atomic E-state index is 13.0. The van der Waals surface area contributed by atoms with Gasteiger partial charge in [0.2, 0.25) is 5.91 Å². The quantitative estimate of drug-likeness (QED) is 0.649. The molecule has 1 aliphatic heterocycles. The average molecular weight is 456 g/mol. The number of hydrogen-bond acceptors (Lipinski definition) is 5. The Labute approximate surface area is 178 Å². The van der Waals surface area contributed by atoms with Gasteiger partial charge < -0.3 is 10.6 Å². The molecule has 0 bridgehead atoms. The van der Waals surface area contributed by atoms with Gasteiger partial charge in [-0.1, -0.05) is 65.8 Å². The van der Waals surface area contributed by atoms with Crippen molar-refractivity contribution in [3.8, 4) is 0 Å². The number of nitrogens with two attached hydrogens (primary N) is 1. The molecule has 0 saturated heterocycles. The maximum Gasteiger partial charge on any atom is 0.253 e. The normalized spacial score (nSPS) is 16.9. The van der Waals surface area contributed by atoms with E-state index in [1.165, 1.54) is 6.08 Å². The number of carbonyl (C=O) groups is 2. The van der Waals surface area contributed by atoms with Crippen molar-refractivity contribution in [2.45, 2.75) is 25.0 Å². The Morgan fingerprint density at radius 3 is 2.45 bits per heavy atom. The Hall–Kier alpha value is -2.77. The largest absolute Gasteiger partial charge is 0.389 e. The van der Waals surface area contributed by atoms with Crippen LogP contribution >= 0.6 is 15.9 Å².